The van der Waals surface area contributed by atoms with E-state index in [9.17, 15) is 0 Å². The van der Waals surface area contributed by atoms with Crippen LogP contribution in [0.1, 0.15) is 72.6 Å². The Morgan fingerprint density at radius 1 is 1.11 bits per heavy atom. The molecule has 0 spiro atoms. The molecule has 0 heterocycles. The van der Waals surface area contributed by atoms with Crippen molar-refractivity contribution in [2.75, 3.05) is 6.54 Å². The molecule has 0 aromatic heterocycles. The predicted octanol–water partition coefficient (Wildman–Crippen LogP) is 4.14. The molecule has 1 rings (SSSR count). The lowest BCUT2D eigenvalue weighted by molar-refractivity contribution is -0.0301. The van der Waals surface area contributed by atoms with E-state index in [0.29, 0.717) is 18.1 Å². The van der Waals surface area contributed by atoms with Crippen molar-refractivity contribution in [1.29, 1.82) is 0 Å². The van der Waals surface area contributed by atoms with Crippen LogP contribution < -0.4 is 5.32 Å². The van der Waals surface area contributed by atoms with E-state index in [0.717, 1.165) is 12.6 Å². The van der Waals surface area contributed by atoms with Crippen LogP contribution in [0, 0.1) is 5.92 Å². The molecule has 108 valence electrons. The third kappa shape index (κ3) is 7.38. The Labute approximate surface area is 114 Å². The van der Waals surface area contributed by atoms with Gasteiger partial charge in [0.1, 0.15) is 0 Å². The Hall–Kier alpha value is -0.0800. The molecule has 2 atom stereocenters. The van der Waals surface area contributed by atoms with Gasteiger partial charge in [-0.05, 0) is 32.1 Å². The SMILES string of the molecule is CCCCCCC(C)OC(CNC1CC1)C(C)C. The Morgan fingerprint density at radius 3 is 2.39 bits per heavy atom. The lowest BCUT2D eigenvalue weighted by Crippen LogP contribution is -2.36. The maximum atomic E-state index is 6.21. The highest BCUT2D eigenvalue weighted by Gasteiger charge is 2.24. The number of ether oxygens (including phenoxy) is 1. The first-order valence-electron chi connectivity index (χ1n) is 8.02. The monoisotopic (exact) mass is 255 g/mol. The highest BCUT2D eigenvalue weighted by molar-refractivity contribution is 4.82. The molecule has 18 heavy (non-hydrogen) atoms. The fraction of sp³-hybridized carbons (Fsp3) is 1.00. The van der Waals surface area contributed by atoms with E-state index in [4.69, 9.17) is 4.74 Å². The van der Waals surface area contributed by atoms with Crippen LogP contribution in [-0.2, 0) is 4.74 Å². The van der Waals surface area contributed by atoms with E-state index < -0.39 is 0 Å². The molecule has 2 nitrogen and oxygen atoms in total. The molecule has 1 saturated carbocycles. The molecule has 1 aliphatic carbocycles. The van der Waals surface area contributed by atoms with Crippen molar-refractivity contribution in [2.45, 2.75) is 90.9 Å². The predicted molar refractivity (Wildman–Crippen MR) is 79.0 cm³/mol. The van der Waals surface area contributed by atoms with Crippen LogP contribution in [0.5, 0.6) is 0 Å². The molecule has 1 aliphatic rings. The molecule has 0 radical (unpaired) electrons. The van der Waals surface area contributed by atoms with Crippen molar-refractivity contribution in [2.24, 2.45) is 5.92 Å². The van der Waals surface area contributed by atoms with Crippen LogP contribution in [0.15, 0.2) is 0 Å². The van der Waals surface area contributed by atoms with Crippen molar-refractivity contribution in [3.8, 4) is 0 Å². The van der Waals surface area contributed by atoms with Crippen LogP contribution >= 0.6 is 0 Å². The lowest BCUT2D eigenvalue weighted by atomic mass is 10.1. The summed E-state index contributed by atoms with van der Waals surface area (Å²) in [5.41, 5.74) is 0. The topological polar surface area (TPSA) is 21.3 Å². The van der Waals surface area contributed by atoms with E-state index in [1.807, 2.05) is 0 Å². The molecular weight excluding hydrogens is 222 g/mol. The number of nitrogens with one attached hydrogen (secondary N) is 1. The summed E-state index contributed by atoms with van der Waals surface area (Å²) in [6, 6.07) is 0.787. The van der Waals surface area contributed by atoms with Crippen LogP contribution in [0.2, 0.25) is 0 Å². The molecule has 1 fully saturated rings. The highest BCUT2D eigenvalue weighted by atomic mass is 16.5. The second kappa shape index (κ2) is 8.92. The Bertz CT molecular complexity index is 201. The van der Waals surface area contributed by atoms with Crippen LogP contribution in [0.25, 0.3) is 0 Å². The minimum absolute atomic E-state index is 0.381. The van der Waals surface area contributed by atoms with Gasteiger partial charge in [-0.25, -0.2) is 0 Å². The zero-order chi connectivity index (χ0) is 13.4. The lowest BCUT2D eigenvalue weighted by Gasteiger charge is -2.26. The van der Waals surface area contributed by atoms with Crippen LogP contribution in [0.3, 0.4) is 0 Å². The first-order chi connectivity index (χ1) is 8.63. The summed E-state index contributed by atoms with van der Waals surface area (Å²) in [5, 5.41) is 3.59. The molecular formula is C16H33NO. The molecule has 2 unspecified atom stereocenters. The Balaban J connectivity index is 2.12. The number of rotatable bonds is 11. The van der Waals surface area contributed by atoms with E-state index in [2.05, 4.69) is 33.0 Å². The summed E-state index contributed by atoms with van der Waals surface area (Å²) in [5.74, 6) is 0.606. The Kier molecular flexibility index (Phi) is 7.92. The van der Waals surface area contributed by atoms with Crippen molar-refractivity contribution >= 4 is 0 Å². The van der Waals surface area contributed by atoms with Crippen molar-refractivity contribution < 1.29 is 4.74 Å². The van der Waals surface area contributed by atoms with E-state index >= 15 is 0 Å². The quantitative estimate of drug-likeness (QED) is 0.560. The van der Waals surface area contributed by atoms with E-state index in [1.165, 1.54) is 44.9 Å². The molecule has 0 aromatic rings. The van der Waals surface area contributed by atoms with Gasteiger partial charge in [0.25, 0.3) is 0 Å². The van der Waals surface area contributed by atoms with Crippen LogP contribution in [-0.4, -0.2) is 24.8 Å². The number of hydrogen-bond donors (Lipinski definition) is 1. The van der Waals surface area contributed by atoms with Crippen molar-refractivity contribution in [3.63, 3.8) is 0 Å². The standard InChI is InChI=1S/C16H33NO/c1-5-6-7-8-9-14(4)18-16(13(2)3)12-17-15-10-11-15/h13-17H,5-12H2,1-4H3. The summed E-state index contributed by atoms with van der Waals surface area (Å²) in [7, 11) is 0. The third-order valence-corrected chi connectivity index (χ3v) is 3.80. The summed E-state index contributed by atoms with van der Waals surface area (Å²) in [6.07, 6.45) is 10.1. The van der Waals surface area contributed by atoms with Gasteiger partial charge in [-0.15, -0.1) is 0 Å². The minimum atomic E-state index is 0.381. The summed E-state index contributed by atoms with van der Waals surface area (Å²) < 4.78 is 6.21. The fourth-order valence-electron chi connectivity index (χ4n) is 2.24. The molecule has 0 aliphatic heterocycles. The first kappa shape index (κ1) is 16.0. The van der Waals surface area contributed by atoms with Gasteiger partial charge in [0.15, 0.2) is 0 Å². The second-order valence-electron chi connectivity index (χ2n) is 6.26. The van der Waals surface area contributed by atoms with Gasteiger partial charge >= 0.3 is 0 Å². The zero-order valence-electron chi connectivity index (χ0n) is 12.9. The van der Waals surface area contributed by atoms with Gasteiger partial charge in [0.2, 0.25) is 0 Å². The zero-order valence-corrected chi connectivity index (χ0v) is 12.9. The van der Waals surface area contributed by atoms with E-state index in [1.54, 1.807) is 0 Å². The maximum absolute atomic E-state index is 6.21. The van der Waals surface area contributed by atoms with Crippen LogP contribution in [0.4, 0.5) is 0 Å². The van der Waals surface area contributed by atoms with Gasteiger partial charge in [-0.3, -0.25) is 0 Å². The molecule has 0 bridgehead atoms. The third-order valence-electron chi connectivity index (χ3n) is 3.80. The normalized spacial score (nSPS) is 19.2. The molecule has 2 heteroatoms. The molecule has 0 amide bonds. The number of unbranched alkanes of at least 4 members (excludes halogenated alkanes) is 3. The minimum Gasteiger partial charge on any atom is -0.374 e. The summed E-state index contributed by atoms with van der Waals surface area (Å²) in [6.45, 7) is 10.1. The smallest absolute Gasteiger partial charge is 0.0725 e. The van der Waals surface area contributed by atoms with Gasteiger partial charge in [0, 0.05) is 12.6 Å². The highest BCUT2D eigenvalue weighted by Crippen LogP contribution is 2.20. The molecule has 1 N–H and O–H groups in total. The maximum Gasteiger partial charge on any atom is 0.0725 e. The van der Waals surface area contributed by atoms with Gasteiger partial charge in [0.05, 0.1) is 12.2 Å². The Morgan fingerprint density at radius 2 is 1.83 bits per heavy atom. The summed E-state index contributed by atoms with van der Waals surface area (Å²) >= 11 is 0. The first-order valence-corrected chi connectivity index (χ1v) is 8.02. The average Bonchev–Trinajstić information content (AvgIpc) is 3.13. The van der Waals surface area contributed by atoms with Gasteiger partial charge in [-0.2, -0.15) is 0 Å². The van der Waals surface area contributed by atoms with E-state index in [-0.39, 0.29) is 0 Å². The van der Waals surface area contributed by atoms with Gasteiger partial charge < -0.3 is 10.1 Å². The second-order valence-corrected chi connectivity index (χ2v) is 6.26. The van der Waals surface area contributed by atoms with Gasteiger partial charge in [-0.1, -0.05) is 46.5 Å². The summed E-state index contributed by atoms with van der Waals surface area (Å²) in [4.78, 5) is 0. The largest absolute Gasteiger partial charge is 0.374 e. The average molecular weight is 255 g/mol. The van der Waals surface area contributed by atoms with Crippen molar-refractivity contribution in [3.05, 3.63) is 0 Å². The molecule has 0 saturated heterocycles. The number of hydrogen-bond acceptors (Lipinski definition) is 2. The fourth-order valence-corrected chi connectivity index (χ4v) is 2.24. The molecule has 0 aromatic carbocycles. The van der Waals surface area contributed by atoms with Crippen molar-refractivity contribution in [1.82, 2.24) is 5.32 Å².